The van der Waals surface area contributed by atoms with Crippen LogP contribution in [0.15, 0.2) is 24.4 Å². The molecule has 0 radical (unpaired) electrons. The molecule has 1 saturated carbocycles. The fourth-order valence-electron chi connectivity index (χ4n) is 4.04. The van der Waals surface area contributed by atoms with Crippen LogP contribution in [0.5, 0.6) is 0 Å². The maximum absolute atomic E-state index is 12.8. The number of fused-ring (bicyclic) bond motifs is 2. The number of carbonyl (C=O) groups is 3. The third-order valence-corrected chi connectivity index (χ3v) is 5.37. The Balaban J connectivity index is 1.70. The molecule has 2 fully saturated rings. The average molecular weight is 351 g/mol. The first-order valence-corrected chi connectivity index (χ1v) is 8.48. The molecule has 3 atom stereocenters. The number of aromatic nitrogens is 1. The quantitative estimate of drug-likeness (QED) is 0.846. The standard InChI is InChI=1S/C19H17N3O4/c1-10(23)14-8-21(16-4-11(7-20)2-3-13(14)16)9-18(24)22-15-5-12(15)6-17(22)19(25)26/h2-4,8,12,15,17H,5-6,9H2,1H3,(H,25,26)/t12-,15-,17+/m1/s1. The van der Waals surface area contributed by atoms with Gasteiger partial charge in [0.05, 0.1) is 17.1 Å². The molecule has 7 heteroatoms. The first-order valence-electron chi connectivity index (χ1n) is 8.48. The summed E-state index contributed by atoms with van der Waals surface area (Å²) in [5.41, 5.74) is 1.55. The Labute approximate surface area is 149 Å². The van der Waals surface area contributed by atoms with Crippen LogP contribution in [-0.2, 0) is 16.1 Å². The molecular formula is C19H17N3O4. The van der Waals surface area contributed by atoms with Gasteiger partial charge in [-0.1, -0.05) is 6.07 Å². The predicted molar refractivity (Wildman–Crippen MR) is 91.4 cm³/mol. The lowest BCUT2D eigenvalue weighted by molar-refractivity contribution is -0.149. The smallest absolute Gasteiger partial charge is 0.326 e. The van der Waals surface area contributed by atoms with Crippen molar-refractivity contribution in [2.45, 2.75) is 38.4 Å². The summed E-state index contributed by atoms with van der Waals surface area (Å²) in [4.78, 5) is 37.7. The Morgan fingerprint density at radius 1 is 1.31 bits per heavy atom. The Morgan fingerprint density at radius 3 is 2.73 bits per heavy atom. The molecular weight excluding hydrogens is 334 g/mol. The highest BCUT2D eigenvalue weighted by Gasteiger charge is 2.56. The lowest BCUT2D eigenvalue weighted by atomic mass is 10.1. The van der Waals surface area contributed by atoms with E-state index in [0.29, 0.717) is 34.4 Å². The third-order valence-electron chi connectivity index (χ3n) is 5.37. The fraction of sp³-hybridized carbons (Fsp3) is 0.368. The van der Waals surface area contributed by atoms with E-state index in [-0.39, 0.29) is 24.3 Å². The number of aliphatic carboxylic acids is 1. The highest BCUT2D eigenvalue weighted by Crippen LogP contribution is 2.48. The van der Waals surface area contributed by atoms with Crippen molar-refractivity contribution in [3.05, 3.63) is 35.5 Å². The minimum absolute atomic E-state index is 0.0207. The van der Waals surface area contributed by atoms with Crippen molar-refractivity contribution in [2.75, 3.05) is 0 Å². The second-order valence-electron chi connectivity index (χ2n) is 7.02. The summed E-state index contributed by atoms with van der Waals surface area (Å²) in [6.07, 6.45) is 2.98. The van der Waals surface area contributed by atoms with Crippen molar-refractivity contribution in [2.24, 2.45) is 5.92 Å². The van der Waals surface area contributed by atoms with E-state index in [1.54, 1.807) is 29.0 Å². The van der Waals surface area contributed by atoms with Gasteiger partial charge in [0.15, 0.2) is 5.78 Å². The van der Waals surface area contributed by atoms with Gasteiger partial charge in [0.1, 0.15) is 12.6 Å². The highest BCUT2D eigenvalue weighted by molar-refractivity contribution is 6.07. The maximum atomic E-state index is 12.8. The van der Waals surface area contributed by atoms with E-state index in [1.807, 2.05) is 0 Å². The van der Waals surface area contributed by atoms with Crippen LogP contribution in [0.1, 0.15) is 35.7 Å². The monoisotopic (exact) mass is 351 g/mol. The normalized spacial score (nSPS) is 23.5. The molecule has 1 aromatic heterocycles. The number of hydrogen-bond acceptors (Lipinski definition) is 4. The van der Waals surface area contributed by atoms with Crippen LogP contribution in [0.2, 0.25) is 0 Å². The van der Waals surface area contributed by atoms with E-state index in [1.165, 1.54) is 11.8 Å². The van der Waals surface area contributed by atoms with Gasteiger partial charge in [-0.25, -0.2) is 4.79 Å². The number of Topliss-reactive ketones (excluding diaryl/α,β-unsaturated/α-hetero) is 1. The van der Waals surface area contributed by atoms with Crippen LogP contribution in [0.3, 0.4) is 0 Å². The van der Waals surface area contributed by atoms with Crippen molar-refractivity contribution in [1.82, 2.24) is 9.47 Å². The number of amides is 1. The van der Waals surface area contributed by atoms with Crippen LogP contribution >= 0.6 is 0 Å². The molecule has 1 aliphatic heterocycles. The molecule has 4 rings (SSSR count). The van der Waals surface area contributed by atoms with Crippen molar-refractivity contribution in [1.29, 1.82) is 5.26 Å². The summed E-state index contributed by atoms with van der Waals surface area (Å²) in [6.45, 7) is 1.40. The molecule has 0 bridgehead atoms. The van der Waals surface area contributed by atoms with Gasteiger partial charge >= 0.3 is 5.97 Å². The highest BCUT2D eigenvalue weighted by atomic mass is 16.4. The number of benzene rings is 1. The molecule has 2 heterocycles. The summed E-state index contributed by atoms with van der Waals surface area (Å²) in [6, 6.07) is 6.30. The van der Waals surface area contributed by atoms with Gasteiger partial charge in [0, 0.05) is 23.2 Å². The first kappa shape index (κ1) is 16.3. The number of carboxylic acid groups (broad SMARTS) is 1. The second-order valence-corrected chi connectivity index (χ2v) is 7.02. The van der Waals surface area contributed by atoms with E-state index < -0.39 is 12.0 Å². The minimum Gasteiger partial charge on any atom is -0.480 e. The molecule has 132 valence electrons. The summed E-state index contributed by atoms with van der Waals surface area (Å²) in [5, 5.41) is 19.2. The predicted octanol–water partition coefficient (Wildman–Crippen LogP) is 1.79. The number of ketones is 1. The van der Waals surface area contributed by atoms with Crippen LogP contribution < -0.4 is 0 Å². The molecule has 2 aromatic rings. The zero-order valence-corrected chi connectivity index (χ0v) is 14.2. The van der Waals surface area contributed by atoms with Gasteiger partial charge in [0.2, 0.25) is 5.91 Å². The van der Waals surface area contributed by atoms with Crippen LogP contribution in [-0.4, -0.2) is 44.3 Å². The van der Waals surface area contributed by atoms with E-state index in [0.717, 1.165) is 6.42 Å². The number of piperidine rings is 1. The van der Waals surface area contributed by atoms with E-state index in [2.05, 4.69) is 6.07 Å². The van der Waals surface area contributed by atoms with E-state index in [4.69, 9.17) is 5.26 Å². The number of carboxylic acids is 1. The molecule has 1 N–H and O–H groups in total. The van der Waals surface area contributed by atoms with Gasteiger partial charge in [-0.15, -0.1) is 0 Å². The zero-order valence-electron chi connectivity index (χ0n) is 14.2. The van der Waals surface area contributed by atoms with Gasteiger partial charge in [-0.05, 0) is 37.8 Å². The largest absolute Gasteiger partial charge is 0.480 e. The molecule has 1 saturated heterocycles. The van der Waals surface area contributed by atoms with Crippen LogP contribution in [0.25, 0.3) is 10.9 Å². The molecule has 1 aromatic carbocycles. The number of carbonyl (C=O) groups excluding carboxylic acids is 2. The summed E-state index contributed by atoms with van der Waals surface area (Å²) in [5.74, 6) is -1.08. The van der Waals surface area contributed by atoms with E-state index in [9.17, 15) is 19.5 Å². The molecule has 1 aliphatic carbocycles. The molecule has 7 nitrogen and oxygen atoms in total. The molecule has 0 spiro atoms. The van der Waals surface area contributed by atoms with Crippen molar-refractivity contribution in [3.63, 3.8) is 0 Å². The van der Waals surface area contributed by atoms with Crippen LogP contribution in [0.4, 0.5) is 0 Å². The first-order chi connectivity index (χ1) is 12.4. The third kappa shape index (κ3) is 2.46. The number of likely N-dealkylation sites (tertiary alicyclic amines) is 1. The Morgan fingerprint density at radius 2 is 2.08 bits per heavy atom. The van der Waals surface area contributed by atoms with Gasteiger partial charge < -0.3 is 14.6 Å². The average Bonchev–Trinajstić information content (AvgIpc) is 3.11. The summed E-state index contributed by atoms with van der Waals surface area (Å²) >= 11 is 0. The Bertz CT molecular complexity index is 1000. The summed E-state index contributed by atoms with van der Waals surface area (Å²) < 4.78 is 1.64. The number of nitrogens with zero attached hydrogens (tertiary/aromatic N) is 3. The van der Waals surface area contributed by atoms with Crippen molar-refractivity contribution in [3.8, 4) is 6.07 Å². The maximum Gasteiger partial charge on any atom is 0.326 e. The number of hydrogen-bond donors (Lipinski definition) is 1. The lowest BCUT2D eigenvalue weighted by Crippen LogP contribution is -2.44. The Hall–Kier alpha value is -3.14. The topological polar surface area (TPSA) is 103 Å². The Kier molecular flexibility index (Phi) is 3.58. The molecule has 26 heavy (non-hydrogen) atoms. The number of nitriles is 1. The van der Waals surface area contributed by atoms with E-state index >= 15 is 0 Å². The van der Waals surface area contributed by atoms with Gasteiger partial charge in [0.25, 0.3) is 0 Å². The van der Waals surface area contributed by atoms with Crippen molar-refractivity contribution < 1.29 is 19.5 Å². The van der Waals surface area contributed by atoms with Crippen molar-refractivity contribution >= 4 is 28.6 Å². The van der Waals surface area contributed by atoms with Crippen LogP contribution in [0, 0.1) is 17.2 Å². The summed E-state index contributed by atoms with van der Waals surface area (Å²) in [7, 11) is 0. The van der Waals surface area contributed by atoms with Gasteiger partial charge in [-0.3, -0.25) is 9.59 Å². The zero-order chi connectivity index (χ0) is 18.6. The number of rotatable bonds is 4. The lowest BCUT2D eigenvalue weighted by Gasteiger charge is -2.24. The fourth-order valence-corrected chi connectivity index (χ4v) is 4.04. The molecule has 1 amide bonds. The second kappa shape index (κ2) is 5.70. The molecule has 0 unspecified atom stereocenters. The SMILES string of the molecule is CC(=O)c1cn(CC(=O)N2[C@@H]3C[C@@H]3C[C@H]2C(=O)O)c2cc(C#N)ccc12. The van der Waals surface area contributed by atoms with Gasteiger partial charge in [-0.2, -0.15) is 5.26 Å². The minimum atomic E-state index is -0.973. The molecule has 2 aliphatic rings.